The molecule has 0 radical (unpaired) electrons. The van der Waals surface area contributed by atoms with Gasteiger partial charge in [-0.15, -0.1) is 11.8 Å². The first-order valence-electron chi connectivity index (χ1n) is 15.7. The Balaban J connectivity index is 1.14. The van der Waals surface area contributed by atoms with E-state index in [1.54, 1.807) is 43.0 Å². The SMILES string of the molecule is CCOC(=O)c1ccc(N2C(=O)C3C4CC(C3C2=O)C2C4Sc3[nH]c(=O)sc3[C@@H]2c2ccccc2OCc2cccc(C)c2)cc1. The molecule has 3 aromatic carbocycles. The molecule has 2 saturated carbocycles. The van der Waals surface area contributed by atoms with Crippen LogP contribution in [0.4, 0.5) is 5.69 Å². The summed E-state index contributed by atoms with van der Waals surface area (Å²) in [4.78, 5) is 58.4. The van der Waals surface area contributed by atoms with E-state index in [4.69, 9.17) is 9.47 Å². The number of hydrogen-bond donors (Lipinski definition) is 1. The van der Waals surface area contributed by atoms with Crippen LogP contribution in [0.5, 0.6) is 5.75 Å². The smallest absolute Gasteiger partial charge is 0.338 e. The van der Waals surface area contributed by atoms with Crippen molar-refractivity contribution in [3.63, 3.8) is 0 Å². The first-order valence-corrected chi connectivity index (χ1v) is 17.4. The first-order chi connectivity index (χ1) is 22.3. The number of ether oxygens (including phenoxy) is 2. The Morgan fingerprint density at radius 2 is 1.72 bits per heavy atom. The summed E-state index contributed by atoms with van der Waals surface area (Å²) in [5.41, 5.74) is 4.10. The highest BCUT2D eigenvalue weighted by molar-refractivity contribution is 8.00. The Kier molecular flexibility index (Phi) is 7.17. The van der Waals surface area contributed by atoms with E-state index < -0.39 is 17.8 Å². The molecule has 2 aliphatic heterocycles. The number of thioether (sulfide) groups is 1. The number of carbonyl (C=O) groups excluding carboxylic acids is 3. The lowest BCUT2D eigenvalue weighted by Gasteiger charge is -2.43. The standard InChI is InChI=1S/C36H32N2O6S2/c1-3-43-35(41)20-11-13-21(14-12-20)38-33(39)28-23-16-24(29(28)34(38)40)30-27(23)26(31-32(45-30)37-36(42)46-31)22-9-4-5-10-25(22)44-17-19-8-6-7-18(2)15-19/h4-15,23-24,26-30H,3,16-17H2,1-2H3,(H,37,42)/t23?,24?,26-,27?,28?,29?,30?/m1/s1. The zero-order valence-electron chi connectivity index (χ0n) is 25.3. The quantitative estimate of drug-likeness (QED) is 0.188. The molecule has 7 atom stereocenters. The molecule has 2 bridgehead atoms. The highest BCUT2D eigenvalue weighted by Crippen LogP contribution is 2.69. The summed E-state index contributed by atoms with van der Waals surface area (Å²) < 4.78 is 11.6. The van der Waals surface area contributed by atoms with Crippen LogP contribution in [-0.2, 0) is 20.9 Å². The maximum atomic E-state index is 14.2. The molecule has 3 heterocycles. The molecule has 8 nitrogen and oxygen atoms in total. The van der Waals surface area contributed by atoms with Crippen molar-refractivity contribution in [1.82, 2.24) is 4.98 Å². The van der Waals surface area contributed by atoms with Crippen molar-refractivity contribution >= 4 is 46.6 Å². The molecule has 1 N–H and O–H groups in total. The summed E-state index contributed by atoms with van der Waals surface area (Å²) in [6.07, 6.45) is 0.798. The number of nitrogens with one attached hydrogen (secondary N) is 1. The van der Waals surface area contributed by atoms with Gasteiger partial charge in [-0.3, -0.25) is 19.3 Å². The van der Waals surface area contributed by atoms with Crippen LogP contribution in [0, 0.1) is 36.5 Å². The van der Waals surface area contributed by atoms with Crippen molar-refractivity contribution in [3.05, 3.63) is 110 Å². The lowest BCUT2D eigenvalue weighted by atomic mass is 9.68. The number of esters is 1. The van der Waals surface area contributed by atoms with Crippen LogP contribution in [0.1, 0.15) is 51.2 Å². The summed E-state index contributed by atoms with van der Waals surface area (Å²) in [7, 11) is 0. The lowest BCUT2D eigenvalue weighted by Crippen LogP contribution is -2.42. The summed E-state index contributed by atoms with van der Waals surface area (Å²) in [6, 6.07) is 22.8. The van der Waals surface area contributed by atoms with Crippen molar-refractivity contribution in [1.29, 1.82) is 0 Å². The number of hydrogen-bond acceptors (Lipinski definition) is 8. The van der Waals surface area contributed by atoms with E-state index in [2.05, 4.69) is 30.1 Å². The third-order valence-corrected chi connectivity index (χ3v) is 12.7. The molecule has 3 fully saturated rings. The van der Waals surface area contributed by atoms with Gasteiger partial charge in [0.2, 0.25) is 11.8 Å². The fourth-order valence-corrected chi connectivity index (χ4v) is 11.3. The molecule has 2 amide bonds. The van der Waals surface area contributed by atoms with Crippen LogP contribution in [0.15, 0.2) is 82.6 Å². The van der Waals surface area contributed by atoms with E-state index >= 15 is 0 Å². The van der Waals surface area contributed by atoms with Gasteiger partial charge in [-0.2, -0.15) is 0 Å². The topological polar surface area (TPSA) is 106 Å². The Morgan fingerprint density at radius 3 is 2.48 bits per heavy atom. The lowest BCUT2D eigenvalue weighted by molar-refractivity contribution is -0.123. The Morgan fingerprint density at radius 1 is 0.957 bits per heavy atom. The van der Waals surface area contributed by atoms with E-state index in [0.717, 1.165) is 33.2 Å². The average Bonchev–Trinajstić information content (AvgIpc) is 3.79. The van der Waals surface area contributed by atoms with Crippen LogP contribution >= 0.6 is 23.1 Å². The number of H-pyrrole nitrogens is 1. The van der Waals surface area contributed by atoms with Gasteiger partial charge < -0.3 is 14.5 Å². The molecule has 10 heteroatoms. The van der Waals surface area contributed by atoms with E-state index in [9.17, 15) is 19.2 Å². The van der Waals surface area contributed by atoms with Crippen molar-refractivity contribution in [3.8, 4) is 5.75 Å². The zero-order chi connectivity index (χ0) is 31.7. The molecular formula is C36H32N2O6S2. The van der Waals surface area contributed by atoms with Crippen LogP contribution in [-0.4, -0.2) is 34.6 Å². The molecule has 4 aliphatic rings. The van der Waals surface area contributed by atoms with Gasteiger partial charge in [-0.05, 0) is 73.9 Å². The summed E-state index contributed by atoms with van der Waals surface area (Å²) in [6.45, 7) is 4.48. The summed E-state index contributed by atoms with van der Waals surface area (Å²) in [5, 5.41) is 0.934. The molecule has 1 aromatic heterocycles. The molecule has 234 valence electrons. The summed E-state index contributed by atoms with van der Waals surface area (Å²) in [5.74, 6) is -0.957. The fourth-order valence-electron chi connectivity index (χ4n) is 8.41. The Labute approximate surface area is 274 Å². The number of rotatable bonds is 7. The number of aromatic nitrogens is 1. The number of thiazole rings is 1. The molecule has 2 aliphatic carbocycles. The number of para-hydroxylation sites is 1. The second-order valence-electron chi connectivity index (χ2n) is 12.6. The van der Waals surface area contributed by atoms with Crippen molar-refractivity contribution < 1.29 is 23.9 Å². The number of amides is 2. The first kappa shape index (κ1) is 29.3. The second-order valence-corrected chi connectivity index (χ2v) is 14.8. The maximum Gasteiger partial charge on any atom is 0.338 e. The van der Waals surface area contributed by atoms with Gasteiger partial charge in [0.1, 0.15) is 12.4 Å². The largest absolute Gasteiger partial charge is 0.489 e. The number of imide groups is 1. The van der Waals surface area contributed by atoms with Gasteiger partial charge in [0.05, 0.1) is 34.7 Å². The van der Waals surface area contributed by atoms with Crippen molar-refractivity contribution in [2.45, 2.75) is 43.1 Å². The number of aromatic amines is 1. The average molecular weight is 653 g/mol. The number of nitrogens with zero attached hydrogens (tertiary/aromatic N) is 1. The third-order valence-electron chi connectivity index (χ3n) is 10.1. The highest BCUT2D eigenvalue weighted by atomic mass is 32.2. The van der Waals surface area contributed by atoms with E-state index in [0.29, 0.717) is 17.9 Å². The van der Waals surface area contributed by atoms with Crippen LogP contribution < -0.4 is 14.5 Å². The van der Waals surface area contributed by atoms with E-state index in [1.165, 1.54) is 21.8 Å². The Bertz CT molecular complexity index is 1930. The number of aryl methyl sites for hydroxylation is 1. The second kappa shape index (κ2) is 11.3. The molecular weight excluding hydrogens is 621 g/mol. The molecule has 6 unspecified atom stereocenters. The summed E-state index contributed by atoms with van der Waals surface area (Å²) >= 11 is 2.91. The number of fused-ring (bicyclic) bond motifs is 9. The normalized spacial score (nSPS) is 27.3. The van der Waals surface area contributed by atoms with Crippen LogP contribution in [0.25, 0.3) is 0 Å². The minimum atomic E-state index is -0.441. The molecule has 0 spiro atoms. The molecule has 46 heavy (non-hydrogen) atoms. The minimum absolute atomic E-state index is 0.00434. The van der Waals surface area contributed by atoms with E-state index in [1.807, 2.05) is 30.3 Å². The van der Waals surface area contributed by atoms with Crippen LogP contribution in [0.2, 0.25) is 0 Å². The van der Waals surface area contributed by atoms with Crippen molar-refractivity contribution in [2.24, 2.45) is 29.6 Å². The van der Waals surface area contributed by atoms with E-state index in [-0.39, 0.29) is 52.2 Å². The highest BCUT2D eigenvalue weighted by Gasteiger charge is 2.69. The molecule has 4 aromatic rings. The van der Waals surface area contributed by atoms with Gasteiger partial charge in [0.15, 0.2) is 0 Å². The van der Waals surface area contributed by atoms with Gasteiger partial charge >= 0.3 is 10.8 Å². The van der Waals surface area contributed by atoms with Crippen molar-refractivity contribution in [2.75, 3.05) is 11.5 Å². The Hall–Kier alpha value is -4.15. The number of anilines is 1. The number of carbonyl (C=O) groups is 3. The predicted molar refractivity (Wildman–Crippen MR) is 175 cm³/mol. The number of benzene rings is 3. The van der Waals surface area contributed by atoms with Gasteiger partial charge in [0.25, 0.3) is 0 Å². The van der Waals surface area contributed by atoms with Gasteiger partial charge in [-0.1, -0.05) is 59.4 Å². The zero-order valence-corrected chi connectivity index (χ0v) is 26.9. The molecule has 8 rings (SSSR count). The van der Waals surface area contributed by atoms with Crippen LogP contribution in [0.3, 0.4) is 0 Å². The minimum Gasteiger partial charge on any atom is -0.489 e. The predicted octanol–water partition coefficient (Wildman–Crippen LogP) is 6.18. The molecule has 1 saturated heterocycles. The fraction of sp³-hybridized carbons (Fsp3) is 0.333. The maximum absolute atomic E-state index is 14.2. The van der Waals surface area contributed by atoms with Gasteiger partial charge in [-0.25, -0.2) is 4.79 Å². The van der Waals surface area contributed by atoms with Gasteiger partial charge in [0, 0.05) is 21.6 Å². The third kappa shape index (κ3) is 4.56. The monoisotopic (exact) mass is 652 g/mol.